The summed E-state index contributed by atoms with van der Waals surface area (Å²) in [7, 11) is -1.64. The van der Waals surface area contributed by atoms with Crippen molar-refractivity contribution < 1.29 is 35.7 Å². The Bertz CT molecular complexity index is 1370. The maximum Gasteiger partial charge on any atom is 0.420 e. The van der Waals surface area contributed by atoms with Crippen LogP contribution in [0.2, 0.25) is 0 Å². The number of halogens is 5. The van der Waals surface area contributed by atoms with Crippen molar-refractivity contribution in [2.45, 2.75) is 73.6 Å². The van der Waals surface area contributed by atoms with Crippen LogP contribution in [-0.4, -0.2) is 44.8 Å². The van der Waals surface area contributed by atoms with Crippen molar-refractivity contribution in [2.24, 2.45) is 5.41 Å². The minimum absolute atomic E-state index is 0.0528. The lowest BCUT2D eigenvalue weighted by molar-refractivity contribution is -0.235. The van der Waals surface area contributed by atoms with Gasteiger partial charge in [0.05, 0.1) is 21.0 Å². The van der Waals surface area contributed by atoms with Gasteiger partial charge in [-0.1, -0.05) is 13.0 Å². The quantitative estimate of drug-likeness (QED) is 0.452. The molecule has 1 atom stereocenters. The normalized spacial score (nSPS) is 28.9. The van der Waals surface area contributed by atoms with Crippen LogP contribution < -0.4 is 5.32 Å². The molecular weight excluding hydrogens is 519 g/mol. The van der Waals surface area contributed by atoms with Gasteiger partial charge in [0.25, 0.3) is 5.91 Å². The number of anilines is 1. The number of nitrogens with zero attached hydrogens (tertiary/aromatic N) is 2. The van der Waals surface area contributed by atoms with Crippen LogP contribution in [0.3, 0.4) is 0 Å². The van der Waals surface area contributed by atoms with E-state index in [4.69, 9.17) is 9.52 Å². The van der Waals surface area contributed by atoms with E-state index in [2.05, 4.69) is 10.4 Å². The van der Waals surface area contributed by atoms with Gasteiger partial charge in [0, 0.05) is 48.7 Å². The second kappa shape index (κ2) is 7.75. The molecule has 1 aromatic carbocycles. The molecule has 202 valence electrons. The SMILES string of the molecule is COC12CC(c3nn(CC4(C)CC(F)(F)C4)c(C(=O)Nc4cccc(S(C)(=N)=O)c4)c3C(F)(F)F)(C1)C2. The number of methoxy groups -OCH3 is 1. The molecule has 4 aliphatic carbocycles. The van der Waals surface area contributed by atoms with E-state index in [0.29, 0.717) is 19.3 Å². The van der Waals surface area contributed by atoms with Gasteiger partial charge in [-0.15, -0.1) is 0 Å². The molecule has 0 saturated heterocycles. The van der Waals surface area contributed by atoms with Crippen LogP contribution in [-0.2, 0) is 32.6 Å². The van der Waals surface area contributed by atoms with Gasteiger partial charge >= 0.3 is 6.18 Å². The van der Waals surface area contributed by atoms with Crippen LogP contribution >= 0.6 is 0 Å². The van der Waals surface area contributed by atoms with Crippen molar-refractivity contribution >= 4 is 21.3 Å². The summed E-state index contributed by atoms with van der Waals surface area (Å²) in [5, 5.41) is 6.68. The van der Waals surface area contributed by atoms with E-state index in [1.165, 1.54) is 44.6 Å². The first-order valence-electron chi connectivity index (χ1n) is 11.7. The number of alkyl halides is 5. The molecule has 1 heterocycles. The molecule has 7 nitrogen and oxygen atoms in total. The number of nitrogens with one attached hydrogen (secondary N) is 2. The number of benzene rings is 1. The molecule has 2 aromatic rings. The minimum atomic E-state index is -4.93. The molecule has 4 saturated carbocycles. The topological polar surface area (TPSA) is 97.1 Å². The van der Waals surface area contributed by atoms with Gasteiger partial charge < -0.3 is 10.1 Å². The predicted octanol–water partition coefficient (Wildman–Crippen LogP) is 5.45. The zero-order chi connectivity index (χ0) is 27.2. The lowest BCUT2D eigenvalue weighted by atomic mass is 9.39. The summed E-state index contributed by atoms with van der Waals surface area (Å²) in [6, 6.07) is 5.51. The number of carbonyl (C=O) groups is 1. The lowest BCUT2D eigenvalue weighted by Crippen LogP contribution is -2.71. The number of rotatable bonds is 7. The molecule has 37 heavy (non-hydrogen) atoms. The molecular formula is C24H27F5N4O3S. The number of aromatic nitrogens is 2. The second-order valence-corrected chi connectivity index (χ2v) is 13.4. The number of hydrogen-bond donors (Lipinski definition) is 2. The third kappa shape index (κ3) is 4.33. The summed E-state index contributed by atoms with van der Waals surface area (Å²) in [6.45, 7) is 1.26. The molecule has 1 amide bonds. The van der Waals surface area contributed by atoms with Gasteiger partial charge in [0.15, 0.2) is 0 Å². The average molecular weight is 547 g/mol. The zero-order valence-corrected chi connectivity index (χ0v) is 21.3. The molecule has 1 aromatic heterocycles. The van der Waals surface area contributed by atoms with E-state index in [1.54, 1.807) is 0 Å². The Morgan fingerprint density at radius 1 is 1.22 bits per heavy atom. The monoisotopic (exact) mass is 546 g/mol. The van der Waals surface area contributed by atoms with E-state index in [1.807, 2.05) is 0 Å². The van der Waals surface area contributed by atoms with E-state index < -0.39 is 68.3 Å². The van der Waals surface area contributed by atoms with Gasteiger partial charge in [-0.2, -0.15) is 18.3 Å². The van der Waals surface area contributed by atoms with Crippen molar-refractivity contribution in [2.75, 3.05) is 18.7 Å². The molecule has 4 aliphatic rings. The van der Waals surface area contributed by atoms with Crippen LogP contribution in [0, 0.1) is 10.2 Å². The van der Waals surface area contributed by atoms with Crippen molar-refractivity contribution in [1.82, 2.24) is 9.78 Å². The number of hydrogen-bond acceptors (Lipinski definition) is 5. The Hall–Kier alpha value is -2.54. The molecule has 1 unspecified atom stereocenters. The van der Waals surface area contributed by atoms with Gasteiger partial charge in [-0.05, 0) is 42.9 Å². The summed E-state index contributed by atoms with van der Waals surface area (Å²) in [5.74, 6) is -4.03. The number of amides is 1. The fourth-order valence-electron chi connectivity index (χ4n) is 6.29. The van der Waals surface area contributed by atoms with Crippen LogP contribution in [0.1, 0.15) is 60.8 Å². The van der Waals surface area contributed by atoms with E-state index in [-0.39, 0.29) is 22.8 Å². The van der Waals surface area contributed by atoms with Crippen molar-refractivity contribution in [3.8, 4) is 0 Å². The number of carbonyl (C=O) groups excluding carboxylic acids is 1. The smallest absolute Gasteiger partial charge is 0.378 e. The van der Waals surface area contributed by atoms with E-state index in [9.17, 15) is 31.0 Å². The summed E-state index contributed by atoms with van der Waals surface area (Å²) in [6.07, 6.45) is -3.78. The van der Waals surface area contributed by atoms with Gasteiger partial charge in [0.1, 0.15) is 11.3 Å². The standard InChI is InChI=1S/C24H27F5N4O3S/c1-20(8-23(25,26)9-20)13-33-17(19(34)31-14-5-4-6-15(7-14)37(3,30)35)16(24(27,28)29)18(32-33)21-10-22(11-21,12-21)36-2/h4-7,30H,8-13H2,1-3H3,(H,31,34). The predicted molar refractivity (Wildman–Crippen MR) is 124 cm³/mol. The first-order chi connectivity index (χ1) is 16.9. The van der Waals surface area contributed by atoms with Crippen LogP contribution in [0.4, 0.5) is 27.6 Å². The summed E-state index contributed by atoms with van der Waals surface area (Å²) < 4.78 is 97.2. The van der Waals surface area contributed by atoms with Crippen LogP contribution in [0.15, 0.2) is 29.2 Å². The summed E-state index contributed by atoms with van der Waals surface area (Å²) in [5.41, 5.74) is -4.52. The molecule has 0 spiro atoms. The molecule has 13 heteroatoms. The third-order valence-electron chi connectivity index (χ3n) is 7.81. The lowest BCUT2D eigenvalue weighted by Gasteiger charge is -2.68. The Morgan fingerprint density at radius 2 is 1.84 bits per heavy atom. The molecule has 2 bridgehead atoms. The molecule has 0 radical (unpaired) electrons. The summed E-state index contributed by atoms with van der Waals surface area (Å²) >= 11 is 0. The maximum atomic E-state index is 14.5. The van der Waals surface area contributed by atoms with Gasteiger partial charge in [-0.25, -0.2) is 17.8 Å². The van der Waals surface area contributed by atoms with Gasteiger partial charge in [0.2, 0.25) is 5.92 Å². The van der Waals surface area contributed by atoms with E-state index in [0.717, 1.165) is 4.68 Å². The molecule has 0 aliphatic heterocycles. The molecule has 2 N–H and O–H groups in total. The van der Waals surface area contributed by atoms with Crippen LogP contribution in [0.5, 0.6) is 0 Å². The molecule has 6 rings (SSSR count). The zero-order valence-electron chi connectivity index (χ0n) is 20.5. The Labute approximate surface area is 210 Å². The Balaban J connectivity index is 1.57. The van der Waals surface area contributed by atoms with Crippen molar-refractivity contribution in [3.05, 3.63) is 41.2 Å². The molecule has 4 fully saturated rings. The average Bonchev–Trinajstić information content (AvgIpc) is 3.03. The summed E-state index contributed by atoms with van der Waals surface area (Å²) in [4.78, 5) is 13.5. The minimum Gasteiger partial charge on any atom is -0.378 e. The highest BCUT2D eigenvalue weighted by Gasteiger charge is 2.72. The largest absolute Gasteiger partial charge is 0.420 e. The highest BCUT2D eigenvalue weighted by Crippen LogP contribution is 2.70. The van der Waals surface area contributed by atoms with Crippen LogP contribution in [0.25, 0.3) is 0 Å². The third-order valence-corrected chi connectivity index (χ3v) is 8.97. The number of ether oxygens (including phenoxy) is 1. The highest BCUT2D eigenvalue weighted by molar-refractivity contribution is 7.91. The second-order valence-electron chi connectivity index (χ2n) is 11.3. The fourth-order valence-corrected chi connectivity index (χ4v) is 6.98. The van der Waals surface area contributed by atoms with Crippen molar-refractivity contribution in [3.63, 3.8) is 0 Å². The van der Waals surface area contributed by atoms with E-state index >= 15 is 0 Å². The maximum absolute atomic E-state index is 14.5. The fraction of sp³-hybridized carbons (Fsp3) is 0.583. The first-order valence-corrected chi connectivity index (χ1v) is 13.6. The van der Waals surface area contributed by atoms with Gasteiger partial charge in [-0.3, -0.25) is 9.48 Å². The first kappa shape index (κ1) is 26.1. The Morgan fingerprint density at radius 3 is 2.35 bits per heavy atom. The Kier molecular flexibility index (Phi) is 5.46. The van der Waals surface area contributed by atoms with Crippen molar-refractivity contribution in [1.29, 1.82) is 4.78 Å². The highest BCUT2D eigenvalue weighted by atomic mass is 32.2.